The van der Waals surface area contributed by atoms with E-state index in [0.29, 0.717) is 0 Å². The lowest BCUT2D eigenvalue weighted by Crippen LogP contribution is -2.56. The maximum absolute atomic E-state index is 11.7. The highest BCUT2D eigenvalue weighted by molar-refractivity contribution is 6.02. The molecule has 3 rings (SSSR count). The van der Waals surface area contributed by atoms with E-state index in [0.717, 1.165) is 0 Å². The minimum atomic E-state index is -1.25. The van der Waals surface area contributed by atoms with Crippen molar-refractivity contribution >= 4 is 18.2 Å². The van der Waals surface area contributed by atoms with Crippen LogP contribution in [0.4, 0.5) is 0 Å². The largest absolute Gasteiger partial charge is 0.394 e. The number of nitrogens with one attached hydrogen (secondary N) is 1. The quantitative estimate of drug-likeness (QED) is 0.345. The van der Waals surface area contributed by atoms with E-state index in [1.54, 1.807) is 0 Å². The molecule has 0 aliphatic carbocycles. The molecule has 10 nitrogen and oxygen atoms in total. The minimum Gasteiger partial charge on any atom is -0.394 e. The van der Waals surface area contributed by atoms with Gasteiger partial charge in [0.15, 0.2) is 24.4 Å². The van der Waals surface area contributed by atoms with Gasteiger partial charge in [-0.1, -0.05) is 0 Å². The molecule has 0 saturated carbocycles. The van der Waals surface area contributed by atoms with Crippen LogP contribution in [-0.4, -0.2) is 81.8 Å². The van der Waals surface area contributed by atoms with Gasteiger partial charge in [0, 0.05) is 0 Å². The van der Waals surface area contributed by atoms with Gasteiger partial charge in [0.05, 0.1) is 12.9 Å². The highest BCUT2D eigenvalue weighted by atomic mass is 16.6. The van der Waals surface area contributed by atoms with Crippen molar-refractivity contribution in [3.63, 3.8) is 0 Å². The van der Waals surface area contributed by atoms with Crippen LogP contribution in [0.25, 0.3) is 0 Å². The van der Waals surface area contributed by atoms with Gasteiger partial charge >= 0.3 is 0 Å². The predicted octanol–water partition coefficient (Wildman–Crippen LogP) is -4.09. The predicted molar refractivity (Wildman–Crippen MR) is 65.4 cm³/mol. The van der Waals surface area contributed by atoms with Gasteiger partial charge in [0.2, 0.25) is 0 Å². The average Bonchev–Trinajstić information content (AvgIpc) is 2.93. The fraction of sp³-hybridized carbons (Fsp3) is 0.700. The molecule has 3 aliphatic rings. The van der Waals surface area contributed by atoms with E-state index in [9.17, 15) is 15.0 Å². The van der Waals surface area contributed by atoms with E-state index >= 15 is 0 Å². The van der Waals surface area contributed by atoms with E-state index in [-0.39, 0.29) is 5.96 Å². The van der Waals surface area contributed by atoms with E-state index in [1.165, 1.54) is 11.2 Å². The number of aliphatic imine (C=N–C) groups is 2. The van der Waals surface area contributed by atoms with Gasteiger partial charge in [-0.3, -0.25) is 15.1 Å². The first-order chi connectivity index (χ1) is 9.52. The van der Waals surface area contributed by atoms with Gasteiger partial charge in [0.25, 0.3) is 5.91 Å². The van der Waals surface area contributed by atoms with Crippen molar-refractivity contribution in [2.75, 3.05) is 6.61 Å². The monoisotopic (exact) mass is 285 g/mol. The summed E-state index contributed by atoms with van der Waals surface area (Å²) in [6.45, 7) is -0.431. The maximum Gasteiger partial charge on any atom is 0.255 e. The zero-order valence-corrected chi connectivity index (χ0v) is 10.3. The summed E-state index contributed by atoms with van der Waals surface area (Å²) >= 11 is 0. The zero-order chi connectivity index (χ0) is 14.4. The molecule has 3 unspecified atom stereocenters. The first kappa shape index (κ1) is 13.2. The number of amides is 1. The first-order valence-electron chi connectivity index (χ1n) is 6.10. The second kappa shape index (κ2) is 4.66. The van der Waals surface area contributed by atoms with Crippen LogP contribution in [0.15, 0.2) is 9.98 Å². The van der Waals surface area contributed by atoms with Crippen LogP contribution in [0, 0.1) is 0 Å². The van der Waals surface area contributed by atoms with Crippen LogP contribution >= 0.6 is 0 Å². The second-order valence-electron chi connectivity index (χ2n) is 4.80. The topological polar surface area (TPSA) is 153 Å². The van der Waals surface area contributed by atoms with Gasteiger partial charge < -0.3 is 30.7 Å². The third-order valence-corrected chi connectivity index (χ3v) is 3.55. The van der Waals surface area contributed by atoms with Gasteiger partial charge in [-0.25, -0.2) is 4.99 Å². The van der Waals surface area contributed by atoms with Crippen molar-refractivity contribution < 1.29 is 24.9 Å². The number of rotatable bonds is 2. The Morgan fingerprint density at radius 1 is 1.45 bits per heavy atom. The molecule has 6 atom stereocenters. The lowest BCUT2D eigenvalue weighted by atomic mass is 10.1. The van der Waals surface area contributed by atoms with E-state index in [4.69, 9.17) is 15.6 Å². The van der Waals surface area contributed by atoms with Gasteiger partial charge in [-0.15, -0.1) is 0 Å². The standard InChI is InChI=1S/C10H15N5O5/c11-10-13-7-4(8(19)14-10)12-2-15(7)9-6(18)5(17)3(1-16)20-9/h2-7,9,16-18H,1H2,(H3,11,13,14,19)/t3-,4?,5-,6-,7?,9?/m0/s1. The van der Waals surface area contributed by atoms with Gasteiger partial charge in [-0.05, 0) is 0 Å². The van der Waals surface area contributed by atoms with Crippen molar-refractivity contribution in [1.82, 2.24) is 10.2 Å². The van der Waals surface area contributed by atoms with E-state index < -0.39 is 49.3 Å². The Kier molecular flexibility index (Phi) is 3.09. The number of aliphatic hydroxyl groups excluding tert-OH is 3. The number of aliphatic hydroxyl groups is 3. The Morgan fingerprint density at radius 3 is 2.85 bits per heavy atom. The summed E-state index contributed by atoms with van der Waals surface area (Å²) < 4.78 is 5.38. The normalized spacial score (nSPS) is 43.5. The summed E-state index contributed by atoms with van der Waals surface area (Å²) in [7, 11) is 0. The molecule has 0 bridgehead atoms. The minimum absolute atomic E-state index is 0.0431. The molecule has 1 amide bonds. The van der Waals surface area contributed by atoms with Gasteiger partial charge in [-0.2, -0.15) is 0 Å². The number of nitrogens with zero attached hydrogens (tertiary/aromatic N) is 3. The van der Waals surface area contributed by atoms with Crippen molar-refractivity contribution in [3.8, 4) is 0 Å². The lowest BCUT2D eigenvalue weighted by molar-refractivity contribution is -0.124. The number of carbonyl (C=O) groups is 1. The van der Waals surface area contributed by atoms with Crippen LogP contribution in [-0.2, 0) is 9.53 Å². The summed E-state index contributed by atoms with van der Waals surface area (Å²) in [5.41, 5.74) is 5.50. The van der Waals surface area contributed by atoms with Crippen LogP contribution in [0.2, 0.25) is 0 Å². The molecular weight excluding hydrogens is 270 g/mol. The molecule has 0 radical (unpaired) electrons. The van der Waals surface area contributed by atoms with E-state index in [2.05, 4.69) is 15.3 Å². The average molecular weight is 285 g/mol. The molecule has 0 aromatic carbocycles. The summed E-state index contributed by atoms with van der Waals surface area (Å²) in [4.78, 5) is 21.2. The van der Waals surface area contributed by atoms with Crippen molar-refractivity contribution in [2.45, 2.75) is 36.7 Å². The highest BCUT2D eigenvalue weighted by Gasteiger charge is 2.50. The molecule has 1 fully saturated rings. The molecule has 6 N–H and O–H groups in total. The SMILES string of the molecule is NC1=NC2C(N=CN2C2O[C@@H](CO)[C@H](O)[C@@H]2O)C(=O)N1. The Labute approximate surface area is 113 Å². The van der Waals surface area contributed by atoms with Gasteiger partial charge in [0.1, 0.15) is 18.3 Å². The summed E-state index contributed by atoms with van der Waals surface area (Å²) in [6.07, 6.45) is -3.73. The summed E-state index contributed by atoms with van der Waals surface area (Å²) in [5, 5.41) is 31.1. The number of nitrogens with two attached hydrogens (primary N) is 1. The fourth-order valence-electron chi connectivity index (χ4n) is 2.52. The first-order valence-corrected chi connectivity index (χ1v) is 6.10. The number of guanidine groups is 1. The Bertz CT molecular complexity index is 483. The Balaban J connectivity index is 1.84. The van der Waals surface area contributed by atoms with Crippen molar-refractivity contribution in [2.24, 2.45) is 15.7 Å². The maximum atomic E-state index is 11.7. The van der Waals surface area contributed by atoms with Crippen molar-refractivity contribution in [3.05, 3.63) is 0 Å². The van der Waals surface area contributed by atoms with Crippen molar-refractivity contribution in [1.29, 1.82) is 0 Å². The Morgan fingerprint density at radius 2 is 2.20 bits per heavy atom. The lowest BCUT2D eigenvalue weighted by Gasteiger charge is -2.32. The molecule has 3 aliphatic heterocycles. The van der Waals surface area contributed by atoms with E-state index in [1.807, 2.05) is 0 Å². The number of fused-ring (bicyclic) bond motifs is 1. The molecule has 110 valence electrons. The molecule has 0 spiro atoms. The highest BCUT2D eigenvalue weighted by Crippen LogP contribution is 2.29. The van der Waals surface area contributed by atoms with Crippen LogP contribution in [0.1, 0.15) is 0 Å². The molecule has 1 saturated heterocycles. The Hall–Kier alpha value is -1.75. The molecule has 0 aromatic heterocycles. The smallest absolute Gasteiger partial charge is 0.255 e. The number of carbonyl (C=O) groups excluding carboxylic acids is 1. The fourth-order valence-corrected chi connectivity index (χ4v) is 2.52. The third-order valence-electron chi connectivity index (χ3n) is 3.55. The second-order valence-corrected chi connectivity index (χ2v) is 4.80. The zero-order valence-electron chi connectivity index (χ0n) is 10.3. The third kappa shape index (κ3) is 1.85. The molecule has 10 heteroatoms. The molecule has 3 heterocycles. The van der Waals surface area contributed by atoms with Crippen LogP contribution in [0.3, 0.4) is 0 Å². The summed E-state index contributed by atoms with van der Waals surface area (Å²) in [5.74, 6) is -0.438. The number of hydrogen-bond acceptors (Lipinski definition) is 9. The summed E-state index contributed by atoms with van der Waals surface area (Å²) in [6, 6.07) is -0.775. The number of ether oxygens (including phenoxy) is 1. The molecule has 20 heavy (non-hydrogen) atoms. The van der Waals surface area contributed by atoms with Crippen LogP contribution in [0.5, 0.6) is 0 Å². The molecular formula is C10H15N5O5. The van der Waals surface area contributed by atoms with Crippen LogP contribution < -0.4 is 11.1 Å². The molecule has 0 aromatic rings. The number of hydrogen-bond donors (Lipinski definition) is 5.